The van der Waals surface area contributed by atoms with E-state index >= 15 is 0 Å². The third-order valence-electron chi connectivity index (χ3n) is 4.81. The van der Waals surface area contributed by atoms with Gasteiger partial charge in [0, 0.05) is 55.6 Å². The fourth-order valence-corrected chi connectivity index (χ4v) is 4.57. The maximum atomic E-state index is 6.00. The van der Waals surface area contributed by atoms with Gasteiger partial charge in [0.2, 0.25) is 5.95 Å². The van der Waals surface area contributed by atoms with E-state index in [1.807, 2.05) is 23.9 Å². The number of rotatable bonds is 5. The maximum absolute atomic E-state index is 6.00. The zero-order valence-electron chi connectivity index (χ0n) is 15.0. The molecule has 5 nitrogen and oxygen atoms in total. The van der Waals surface area contributed by atoms with Crippen molar-refractivity contribution < 1.29 is 0 Å². The van der Waals surface area contributed by atoms with Crippen LogP contribution >= 0.6 is 23.4 Å². The van der Waals surface area contributed by atoms with E-state index in [-0.39, 0.29) is 0 Å². The second-order valence-corrected chi connectivity index (χ2v) is 8.17. The highest BCUT2D eigenvalue weighted by atomic mass is 35.5. The number of aromatic nitrogens is 2. The number of benzene rings is 1. The lowest BCUT2D eigenvalue weighted by Gasteiger charge is -2.36. The average Bonchev–Trinajstić information content (AvgIpc) is 3.15. The van der Waals surface area contributed by atoms with Gasteiger partial charge in [0.25, 0.3) is 0 Å². The van der Waals surface area contributed by atoms with Crippen LogP contribution in [0.5, 0.6) is 0 Å². The average molecular weight is 390 g/mol. The summed E-state index contributed by atoms with van der Waals surface area (Å²) in [6.07, 6.45) is 2.14. The number of thioether (sulfide) groups is 1. The first-order valence-corrected chi connectivity index (χ1v) is 10.6. The molecule has 0 bridgehead atoms. The molecule has 138 valence electrons. The summed E-state index contributed by atoms with van der Waals surface area (Å²) in [6.45, 7) is 6.93. The van der Waals surface area contributed by atoms with Crippen molar-refractivity contribution in [2.45, 2.75) is 24.7 Å². The number of nitrogens with one attached hydrogen (secondary N) is 1. The zero-order valence-corrected chi connectivity index (χ0v) is 16.6. The Bertz CT molecular complexity index is 759. The van der Waals surface area contributed by atoms with Crippen molar-refractivity contribution in [3.63, 3.8) is 0 Å². The Morgan fingerprint density at radius 3 is 2.54 bits per heavy atom. The molecule has 4 rings (SSSR count). The summed E-state index contributed by atoms with van der Waals surface area (Å²) in [5.41, 5.74) is 2.43. The molecule has 1 aromatic carbocycles. The van der Waals surface area contributed by atoms with E-state index in [1.54, 1.807) is 0 Å². The van der Waals surface area contributed by atoms with Crippen molar-refractivity contribution in [1.82, 2.24) is 9.97 Å². The normalized spacial score (nSPS) is 16.7. The van der Waals surface area contributed by atoms with Crippen LogP contribution < -0.4 is 15.1 Å². The standard InChI is InChI=1S/C19H24ClN5S/c1-2-8-21-18-17-16(7-13-26-17)22-19(23-18)25-11-9-24(10-12-25)15-5-3-14(20)4-6-15/h3-6H,2,7-13H2,1H3,(H,21,22,23). The molecule has 2 aliphatic rings. The molecular formula is C19H24ClN5S. The Morgan fingerprint density at radius 2 is 1.81 bits per heavy atom. The van der Waals surface area contributed by atoms with E-state index in [2.05, 4.69) is 34.2 Å². The van der Waals surface area contributed by atoms with Crippen LogP contribution in [-0.2, 0) is 6.42 Å². The lowest BCUT2D eigenvalue weighted by atomic mass is 10.2. The highest BCUT2D eigenvalue weighted by molar-refractivity contribution is 7.99. The highest BCUT2D eigenvalue weighted by Gasteiger charge is 2.24. The van der Waals surface area contributed by atoms with E-state index in [0.29, 0.717) is 0 Å². The number of hydrogen-bond donors (Lipinski definition) is 1. The molecule has 7 heteroatoms. The van der Waals surface area contributed by atoms with Crippen molar-refractivity contribution in [3.05, 3.63) is 35.0 Å². The lowest BCUT2D eigenvalue weighted by molar-refractivity contribution is 0.637. The molecule has 0 amide bonds. The molecule has 1 saturated heterocycles. The van der Waals surface area contributed by atoms with Crippen molar-refractivity contribution >= 4 is 40.8 Å². The predicted octanol–water partition coefficient (Wildman–Crippen LogP) is 3.93. The van der Waals surface area contributed by atoms with E-state index in [4.69, 9.17) is 21.6 Å². The molecule has 0 saturated carbocycles. The summed E-state index contributed by atoms with van der Waals surface area (Å²) in [5.74, 6) is 3.01. The smallest absolute Gasteiger partial charge is 0.227 e. The quantitative estimate of drug-likeness (QED) is 0.835. The molecule has 0 radical (unpaired) electrons. The maximum Gasteiger partial charge on any atom is 0.227 e. The van der Waals surface area contributed by atoms with Crippen LogP contribution in [0.25, 0.3) is 0 Å². The number of anilines is 3. The minimum absolute atomic E-state index is 0.781. The second kappa shape index (κ2) is 7.92. The van der Waals surface area contributed by atoms with Gasteiger partial charge in [-0.25, -0.2) is 4.98 Å². The molecule has 1 N–H and O–H groups in total. The minimum Gasteiger partial charge on any atom is -0.369 e. The van der Waals surface area contributed by atoms with Crippen LogP contribution in [0.2, 0.25) is 5.02 Å². The van der Waals surface area contributed by atoms with Crippen LogP contribution in [0, 0.1) is 0 Å². The van der Waals surface area contributed by atoms with Crippen molar-refractivity contribution in [2.24, 2.45) is 0 Å². The van der Waals surface area contributed by atoms with Crippen LogP contribution in [0.4, 0.5) is 17.5 Å². The molecule has 2 aliphatic heterocycles. The summed E-state index contributed by atoms with van der Waals surface area (Å²) in [5, 5.41) is 4.27. The minimum atomic E-state index is 0.781. The van der Waals surface area contributed by atoms with Crippen LogP contribution in [0.15, 0.2) is 29.2 Å². The van der Waals surface area contributed by atoms with Gasteiger partial charge < -0.3 is 15.1 Å². The third-order valence-corrected chi connectivity index (χ3v) is 6.18. The first-order valence-electron chi connectivity index (χ1n) is 9.27. The van der Waals surface area contributed by atoms with E-state index in [0.717, 1.165) is 68.1 Å². The van der Waals surface area contributed by atoms with Crippen LogP contribution in [-0.4, -0.2) is 48.4 Å². The van der Waals surface area contributed by atoms with Crippen LogP contribution in [0.1, 0.15) is 19.0 Å². The summed E-state index contributed by atoms with van der Waals surface area (Å²) < 4.78 is 0. The van der Waals surface area contributed by atoms with Gasteiger partial charge in [-0.3, -0.25) is 0 Å². The summed E-state index contributed by atoms with van der Waals surface area (Å²) >= 11 is 7.87. The Kier molecular flexibility index (Phi) is 5.41. The predicted molar refractivity (Wildman–Crippen MR) is 111 cm³/mol. The van der Waals surface area contributed by atoms with Gasteiger partial charge in [0.15, 0.2) is 0 Å². The molecule has 3 heterocycles. The molecule has 0 unspecified atom stereocenters. The largest absolute Gasteiger partial charge is 0.369 e. The summed E-state index contributed by atoms with van der Waals surface area (Å²) in [6, 6.07) is 8.09. The fourth-order valence-electron chi connectivity index (χ4n) is 3.38. The topological polar surface area (TPSA) is 44.3 Å². The van der Waals surface area contributed by atoms with E-state index in [1.165, 1.54) is 16.3 Å². The Balaban J connectivity index is 1.48. The first-order chi connectivity index (χ1) is 12.7. The third kappa shape index (κ3) is 3.71. The number of nitrogens with zero attached hydrogens (tertiary/aromatic N) is 4. The van der Waals surface area contributed by atoms with E-state index < -0.39 is 0 Å². The second-order valence-electron chi connectivity index (χ2n) is 6.62. The van der Waals surface area contributed by atoms with Crippen LogP contribution in [0.3, 0.4) is 0 Å². The van der Waals surface area contributed by atoms with Gasteiger partial charge >= 0.3 is 0 Å². The lowest BCUT2D eigenvalue weighted by Crippen LogP contribution is -2.47. The zero-order chi connectivity index (χ0) is 17.9. The molecule has 1 aromatic heterocycles. The van der Waals surface area contributed by atoms with Gasteiger partial charge in [0.1, 0.15) is 5.82 Å². The van der Waals surface area contributed by atoms with Gasteiger partial charge in [-0.2, -0.15) is 4.98 Å². The monoisotopic (exact) mass is 389 g/mol. The molecular weight excluding hydrogens is 366 g/mol. The van der Waals surface area contributed by atoms with Gasteiger partial charge in [-0.1, -0.05) is 18.5 Å². The number of hydrogen-bond acceptors (Lipinski definition) is 6. The van der Waals surface area contributed by atoms with Gasteiger partial charge in [-0.05, 0) is 30.7 Å². The molecule has 0 spiro atoms. The summed E-state index contributed by atoms with van der Waals surface area (Å²) in [7, 11) is 0. The highest BCUT2D eigenvalue weighted by Crippen LogP contribution is 2.36. The molecule has 26 heavy (non-hydrogen) atoms. The fraction of sp³-hybridized carbons (Fsp3) is 0.474. The number of piperazine rings is 1. The molecule has 1 fully saturated rings. The van der Waals surface area contributed by atoms with Gasteiger partial charge in [0.05, 0.1) is 10.6 Å². The molecule has 2 aromatic rings. The molecule has 0 aliphatic carbocycles. The Labute approximate surface area is 164 Å². The SMILES string of the molecule is CCCNc1nc(N2CCN(c3ccc(Cl)cc3)CC2)nc2c1SCC2. The Morgan fingerprint density at radius 1 is 1.08 bits per heavy atom. The Hall–Kier alpha value is -1.66. The number of halogens is 1. The van der Waals surface area contributed by atoms with E-state index in [9.17, 15) is 0 Å². The first kappa shape index (κ1) is 17.7. The van der Waals surface area contributed by atoms with Crippen molar-refractivity contribution in [3.8, 4) is 0 Å². The number of aryl methyl sites for hydroxylation is 1. The molecule has 0 atom stereocenters. The number of fused-ring (bicyclic) bond motifs is 1. The van der Waals surface area contributed by atoms with Crippen molar-refractivity contribution in [2.75, 3.05) is 53.6 Å². The van der Waals surface area contributed by atoms with Gasteiger partial charge in [-0.15, -0.1) is 11.8 Å². The summed E-state index contributed by atoms with van der Waals surface area (Å²) in [4.78, 5) is 15.7. The van der Waals surface area contributed by atoms with Crippen molar-refractivity contribution in [1.29, 1.82) is 0 Å².